The van der Waals surface area contributed by atoms with Gasteiger partial charge in [-0.25, -0.2) is 0 Å². The second-order valence-corrected chi connectivity index (χ2v) is 5.62. The molecule has 0 radical (unpaired) electrons. The molecule has 0 amide bonds. The minimum atomic E-state index is -4.56. The predicted molar refractivity (Wildman–Crippen MR) is 72.1 cm³/mol. The first-order valence-electron chi connectivity index (χ1n) is 7.26. The second kappa shape index (κ2) is 6.32. The quantitative estimate of drug-likeness (QED) is 0.927. The fourth-order valence-corrected chi connectivity index (χ4v) is 2.71. The molecule has 0 aromatic carbocycles. The molecule has 1 fully saturated rings. The standard InChI is InChI=1S/C14H16F3N3O3/c15-14(16,17)12(21)9-1-4-20(5-2-9)7-11-18-13(19-23-11)10-3-6-22-8-10/h3,6,8-9,12,21H,1-2,4-5,7H2. The second-order valence-electron chi connectivity index (χ2n) is 5.62. The van der Waals surface area contributed by atoms with E-state index in [1.54, 1.807) is 6.07 Å². The van der Waals surface area contributed by atoms with Crippen LogP contribution in [0.15, 0.2) is 27.5 Å². The van der Waals surface area contributed by atoms with Crippen molar-refractivity contribution < 1.29 is 27.2 Å². The molecule has 3 rings (SSSR count). The van der Waals surface area contributed by atoms with E-state index in [-0.39, 0.29) is 12.8 Å². The first kappa shape index (κ1) is 16.0. The molecular weight excluding hydrogens is 315 g/mol. The third kappa shape index (κ3) is 3.73. The van der Waals surface area contributed by atoms with Gasteiger partial charge in [-0.3, -0.25) is 4.90 Å². The molecule has 0 aliphatic carbocycles. The number of aromatic nitrogens is 2. The number of hydrogen-bond donors (Lipinski definition) is 1. The molecule has 2 aromatic rings. The van der Waals surface area contributed by atoms with E-state index in [1.165, 1.54) is 12.5 Å². The third-order valence-electron chi connectivity index (χ3n) is 4.02. The number of aliphatic hydroxyl groups excluding tert-OH is 1. The van der Waals surface area contributed by atoms with Crippen molar-refractivity contribution in [2.24, 2.45) is 5.92 Å². The Kier molecular flexibility index (Phi) is 4.40. The van der Waals surface area contributed by atoms with E-state index in [4.69, 9.17) is 8.94 Å². The smallest absolute Gasteiger partial charge is 0.414 e. The molecular formula is C14H16F3N3O3. The van der Waals surface area contributed by atoms with Crippen molar-refractivity contribution >= 4 is 0 Å². The molecule has 1 unspecified atom stereocenters. The van der Waals surface area contributed by atoms with Crippen molar-refractivity contribution in [3.63, 3.8) is 0 Å². The zero-order valence-corrected chi connectivity index (χ0v) is 12.2. The highest BCUT2D eigenvalue weighted by Gasteiger charge is 2.44. The van der Waals surface area contributed by atoms with Crippen molar-refractivity contribution in [3.8, 4) is 11.4 Å². The third-order valence-corrected chi connectivity index (χ3v) is 4.02. The zero-order chi connectivity index (χ0) is 16.4. The van der Waals surface area contributed by atoms with Crippen LogP contribution in [0.4, 0.5) is 13.2 Å². The van der Waals surface area contributed by atoms with Gasteiger partial charge in [0.05, 0.1) is 18.4 Å². The SMILES string of the molecule is OC(C1CCN(Cc2nc(-c3ccoc3)no2)CC1)C(F)(F)F. The number of aliphatic hydroxyl groups is 1. The van der Waals surface area contributed by atoms with E-state index < -0.39 is 18.2 Å². The van der Waals surface area contributed by atoms with Gasteiger partial charge in [0.1, 0.15) is 6.26 Å². The van der Waals surface area contributed by atoms with Crippen LogP contribution in [0.25, 0.3) is 11.4 Å². The number of alkyl halides is 3. The molecule has 2 aromatic heterocycles. The van der Waals surface area contributed by atoms with Gasteiger partial charge in [-0.05, 0) is 37.9 Å². The number of nitrogens with zero attached hydrogens (tertiary/aromatic N) is 3. The van der Waals surface area contributed by atoms with Gasteiger partial charge < -0.3 is 14.0 Å². The predicted octanol–water partition coefficient (Wildman–Crippen LogP) is 2.46. The normalized spacial score (nSPS) is 19.1. The Morgan fingerprint density at radius 1 is 1.35 bits per heavy atom. The molecule has 9 heteroatoms. The number of piperidine rings is 1. The average Bonchev–Trinajstić information content (AvgIpc) is 3.17. The van der Waals surface area contributed by atoms with Gasteiger partial charge in [0.15, 0.2) is 6.10 Å². The van der Waals surface area contributed by atoms with Crippen molar-refractivity contribution in [3.05, 3.63) is 24.5 Å². The van der Waals surface area contributed by atoms with Crippen molar-refractivity contribution in [2.75, 3.05) is 13.1 Å². The lowest BCUT2D eigenvalue weighted by molar-refractivity contribution is -0.223. The highest BCUT2D eigenvalue weighted by Crippen LogP contribution is 2.31. The summed E-state index contributed by atoms with van der Waals surface area (Å²) in [6.45, 7) is 1.27. The van der Waals surface area contributed by atoms with Crippen molar-refractivity contribution in [1.82, 2.24) is 15.0 Å². The van der Waals surface area contributed by atoms with Crippen LogP contribution in [0.5, 0.6) is 0 Å². The van der Waals surface area contributed by atoms with E-state index in [0.29, 0.717) is 36.9 Å². The number of hydrogen-bond acceptors (Lipinski definition) is 6. The minimum absolute atomic E-state index is 0.281. The van der Waals surface area contributed by atoms with E-state index in [1.807, 2.05) is 4.90 Å². The molecule has 0 bridgehead atoms. The molecule has 0 saturated carbocycles. The lowest BCUT2D eigenvalue weighted by Gasteiger charge is -2.33. The molecule has 1 atom stereocenters. The Bertz CT molecular complexity index is 619. The van der Waals surface area contributed by atoms with Gasteiger partial charge >= 0.3 is 6.18 Å². The molecule has 1 saturated heterocycles. The lowest BCUT2D eigenvalue weighted by Crippen LogP contribution is -2.43. The van der Waals surface area contributed by atoms with E-state index in [9.17, 15) is 18.3 Å². The van der Waals surface area contributed by atoms with Crippen LogP contribution in [-0.4, -0.2) is 45.5 Å². The van der Waals surface area contributed by atoms with Crippen LogP contribution in [0.1, 0.15) is 18.7 Å². The van der Waals surface area contributed by atoms with Crippen LogP contribution in [0.2, 0.25) is 0 Å². The number of rotatable bonds is 4. The molecule has 1 N–H and O–H groups in total. The molecule has 23 heavy (non-hydrogen) atoms. The van der Waals surface area contributed by atoms with Gasteiger partial charge in [0.2, 0.25) is 11.7 Å². The van der Waals surface area contributed by atoms with E-state index in [2.05, 4.69) is 10.1 Å². The van der Waals surface area contributed by atoms with Crippen LogP contribution < -0.4 is 0 Å². The Morgan fingerprint density at radius 2 is 2.09 bits per heavy atom. The lowest BCUT2D eigenvalue weighted by atomic mass is 9.91. The highest BCUT2D eigenvalue weighted by atomic mass is 19.4. The first-order valence-corrected chi connectivity index (χ1v) is 7.26. The summed E-state index contributed by atoms with van der Waals surface area (Å²) in [7, 11) is 0. The van der Waals surface area contributed by atoms with Gasteiger partial charge in [0, 0.05) is 0 Å². The summed E-state index contributed by atoms with van der Waals surface area (Å²) in [5.74, 6) is 0.0579. The molecule has 6 nitrogen and oxygen atoms in total. The largest absolute Gasteiger partial charge is 0.472 e. The zero-order valence-electron chi connectivity index (χ0n) is 12.2. The Hall–Kier alpha value is -1.87. The summed E-state index contributed by atoms with van der Waals surface area (Å²) in [5.41, 5.74) is 0.701. The summed E-state index contributed by atoms with van der Waals surface area (Å²) >= 11 is 0. The van der Waals surface area contributed by atoms with Crippen LogP contribution in [0, 0.1) is 5.92 Å². The van der Waals surface area contributed by atoms with Crippen molar-refractivity contribution in [1.29, 1.82) is 0 Å². The maximum atomic E-state index is 12.5. The molecule has 3 heterocycles. The maximum absolute atomic E-state index is 12.5. The van der Waals surface area contributed by atoms with Crippen LogP contribution >= 0.6 is 0 Å². The Labute approximate surface area is 129 Å². The number of likely N-dealkylation sites (tertiary alicyclic amines) is 1. The monoisotopic (exact) mass is 331 g/mol. The molecule has 126 valence electrons. The van der Waals surface area contributed by atoms with Gasteiger partial charge in [0.25, 0.3) is 0 Å². The topological polar surface area (TPSA) is 75.5 Å². The van der Waals surface area contributed by atoms with Gasteiger partial charge in [-0.2, -0.15) is 18.2 Å². The van der Waals surface area contributed by atoms with Crippen molar-refractivity contribution in [2.45, 2.75) is 31.7 Å². The summed E-state index contributed by atoms with van der Waals surface area (Å²) < 4.78 is 47.6. The van der Waals surface area contributed by atoms with Crippen LogP contribution in [-0.2, 0) is 6.54 Å². The summed E-state index contributed by atoms with van der Waals surface area (Å²) in [4.78, 5) is 6.17. The summed E-state index contributed by atoms with van der Waals surface area (Å²) in [6.07, 6.45) is -3.24. The maximum Gasteiger partial charge on any atom is 0.414 e. The van der Waals surface area contributed by atoms with Gasteiger partial charge in [-0.1, -0.05) is 5.16 Å². The van der Waals surface area contributed by atoms with Crippen LogP contribution in [0.3, 0.4) is 0 Å². The fourth-order valence-electron chi connectivity index (χ4n) is 2.71. The molecule has 1 aliphatic rings. The Balaban J connectivity index is 1.53. The Morgan fingerprint density at radius 3 is 2.70 bits per heavy atom. The highest BCUT2D eigenvalue weighted by molar-refractivity contribution is 5.51. The summed E-state index contributed by atoms with van der Waals surface area (Å²) in [5, 5.41) is 13.1. The van der Waals surface area contributed by atoms with E-state index in [0.717, 1.165) is 0 Å². The van der Waals surface area contributed by atoms with E-state index >= 15 is 0 Å². The van der Waals surface area contributed by atoms with Gasteiger partial charge in [-0.15, -0.1) is 0 Å². The molecule has 0 spiro atoms. The minimum Gasteiger partial charge on any atom is -0.472 e. The first-order chi connectivity index (χ1) is 10.9. The summed E-state index contributed by atoms with van der Waals surface area (Å²) in [6, 6.07) is 1.71. The number of furan rings is 1. The number of halogens is 3. The molecule has 1 aliphatic heterocycles. The fraction of sp³-hybridized carbons (Fsp3) is 0.571. The average molecular weight is 331 g/mol.